The molecule has 3 heteroatoms. The molecule has 1 saturated heterocycles. The van der Waals surface area contributed by atoms with Gasteiger partial charge in [-0.1, -0.05) is 12.8 Å². The van der Waals surface area contributed by atoms with Gasteiger partial charge in [-0.15, -0.1) is 0 Å². The molecule has 3 aliphatic rings. The van der Waals surface area contributed by atoms with E-state index in [1.54, 1.807) is 0 Å². The maximum atomic E-state index is 3.83. The molecule has 0 bridgehead atoms. The molecule has 3 fully saturated rings. The van der Waals surface area contributed by atoms with Crippen LogP contribution in [0, 0.1) is 5.41 Å². The third-order valence-electron chi connectivity index (χ3n) is 5.62. The first kappa shape index (κ1) is 14.8. The second-order valence-electron chi connectivity index (χ2n) is 7.89. The molecule has 20 heavy (non-hydrogen) atoms. The largest absolute Gasteiger partial charge is 0.313 e. The summed E-state index contributed by atoms with van der Waals surface area (Å²) in [5.74, 6) is 0. The smallest absolute Gasteiger partial charge is 0.0223 e. The third kappa shape index (κ3) is 3.75. The highest BCUT2D eigenvalue weighted by atomic mass is 15.2. The summed E-state index contributed by atoms with van der Waals surface area (Å²) in [4.78, 5) is 5.19. The third-order valence-corrected chi connectivity index (χ3v) is 5.62. The van der Waals surface area contributed by atoms with Crippen molar-refractivity contribution in [3.8, 4) is 0 Å². The van der Waals surface area contributed by atoms with Gasteiger partial charge >= 0.3 is 0 Å². The summed E-state index contributed by atoms with van der Waals surface area (Å²) in [7, 11) is 4.44. The van der Waals surface area contributed by atoms with E-state index >= 15 is 0 Å². The van der Waals surface area contributed by atoms with Crippen LogP contribution in [0.1, 0.15) is 51.4 Å². The highest BCUT2D eigenvalue weighted by Crippen LogP contribution is 2.40. The quantitative estimate of drug-likeness (QED) is 0.771. The molecule has 0 spiro atoms. The van der Waals surface area contributed by atoms with E-state index in [1.807, 2.05) is 0 Å². The minimum Gasteiger partial charge on any atom is -0.313 e. The molecule has 1 N–H and O–H groups in total. The van der Waals surface area contributed by atoms with Crippen molar-refractivity contribution in [2.75, 3.05) is 40.3 Å². The summed E-state index contributed by atoms with van der Waals surface area (Å²) in [6.45, 7) is 5.21. The zero-order valence-corrected chi connectivity index (χ0v) is 13.5. The van der Waals surface area contributed by atoms with Crippen LogP contribution in [-0.2, 0) is 0 Å². The van der Waals surface area contributed by atoms with Gasteiger partial charge in [0.05, 0.1) is 0 Å². The SMILES string of the molecule is CN(C)CC1CCCN1CC1(CNC2CC2)CCCC1. The van der Waals surface area contributed by atoms with Crippen LogP contribution >= 0.6 is 0 Å². The molecule has 1 unspecified atom stereocenters. The molecule has 116 valence electrons. The molecule has 0 amide bonds. The summed E-state index contributed by atoms with van der Waals surface area (Å²) in [6, 6.07) is 1.67. The van der Waals surface area contributed by atoms with E-state index in [0.29, 0.717) is 5.41 Å². The Labute approximate surface area is 125 Å². The predicted molar refractivity (Wildman–Crippen MR) is 85.1 cm³/mol. The minimum absolute atomic E-state index is 0.595. The van der Waals surface area contributed by atoms with Crippen LogP contribution in [-0.4, -0.2) is 62.2 Å². The Morgan fingerprint density at radius 1 is 1.10 bits per heavy atom. The number of hydrogen-bond donors (Lipinski definition) is 1. The van der Waals surface area contributed by atoms with Gasteiger partial charge in [0.1, 0.15) is 0 Å². The van der Waals surface area contributed by atoms with Gasteiger partial charge in [-0.25, -0.2) is 0 Å². The van der Waals surface area contributed by atoms with Crippen LogP contribution in [0.15, 0.2) is 0 Å². The van der Waals surface area contributed by atoms with E-state index in [4.69, 9.17) is 0 Å². The number of nitrogens with one attached hydrogen (secondary N) is 1. The van der Waals surface area contributed by atoms with E-state index in [1.165, 1.54) is 77.5 Å². The van der Waals surface area contributed by atoms with Gasteiger partial charge in [0, 0.05) is 31.7 Å². The first-order valence-electron chi connectivity index (χ1n) is 8.79. The van der Waals surface area contributed by atoms with Crippen molar-refractivity contribution in [1.82, 2.24) is 15.1 Å². The molecule has 0 aromatic carbocycles. The molecular weight excluding hydrogens is 246 g/mol. The highest BCUT2D eigenvalue weighted by molar-refractivity contribution is 4.95. The maximum Gasteiger partial charge on any atom is 0.0223 e. The Morgan fingerprint density at radius 3 is 2.50 bits per heavy atom. The number of rotatable bonds is 7. The van der Waals surface area contributed by atoms with Gasteiger partial charge in [0.25, 0.3) is 0 Å². The van der Waals surface area contributed by atoms with Crippen LogP contribution < -0.4 is 5.32 Å². The monoisotopic (exact) mass is 279 g/mol. The lowest BCUT2D eigenvalue weighted by Gasteiger charge is -2.37. The van der Waals surface area contributed by atoms with E-state index in [9.17, 15) is 0 Å². The molecule has 1 heterocycles. The zero-order valence-electron chi connectivity index (χ0n) is 13.5. The normalized spacial score (nSPS) is 30.4. The fourth-order valence-electron chi connectivity index (χ4n) is 4.33. The Hall–Kier alpha value is -0.120. The number of nitrogens with zero attached hydrogens (tertiary/aromatic N) is 2. The van der Waals surface area contributed by atoms with E-state index in [0.717, 1.165) is 12.1 Å². The lowest BCUT2D eigenvalue weighted by molar-refractivity contribution is 0.123. The average Bonchev–Trinajstić information content (AvgIpc) is 2.98. The van der Waals surface area contributed by atoms with Gasteiger partial charge in [-0.05, 0) is 64.6 Å². The van der Waals surface area contributed by atoms with Crippen LogP contribution in [0.2, 0.25) is 0 Å². The summed E-state index contributed by atoms with van der Waals surface area (Å²) < 4.78 is 0. The number of hydrogen-bond acceptors (Lipinski definition) is 3. The standard InChI is InChI=1S/C17H33N3/c1-19(2)12-16-6-5-11-20(16)14-17(9-3-4-10-17)13-18-15-7-8-15/h15-16,18H,3-14H2,1-2H3. The summed E-state index contributed by atoms with van der Waals surface area (Å²) >= 11 is 0. The molecule has 3 nitrogen and oxygen atoms in total. The first-order valence-corrected chi connectivity index (χ1v) is 8.79. The maximum absolute atomic E-state index is 3.83. The molecule has 2 aliphatic carbocycles. The van der Waals surface area contributed by atoms with Crippen LogP contribution in [0.4, 0.5) is 0 Å². The van der Waals surface area contributed by atoms with Crippen LogP contribution in [0.5, 0.6) is 0 Å². The van der Waals surface area contributed by atoms with Crippen molar-refractivity contribution in [1.29, 1.82) is 0 Å². The van der Waals surface area contributed by atoms with Crippen molar-refractivity contribution in [3.05, 3.63) is 0 Å². The lowest BCUT2D eigenvalue weighted by Crippen LogP contribution is -2.47. The molecule has 1 aliphatic heterocycles. The Morgan fingerprint density at radius 2 is 1.85 bits per heavy atom. The Kier molecular flexibility index (Phi) is 4.68. The van der Waals surface area contributed by atoms with Crippen molar-refractivity contribution < 1.29 is 0 Å². The van der Waals surface area contributed by atoms with Crippen LogP contribution in [0.3, 0.4) is 0 Å². The average molecular weight is 279 g/mol. The van der Waals surface area contributed by atoms with E-state index in [2.05, 4.69) is 29.2 Å². The second-order valence-corrected chi connectivity index (χ2v) is 7.89. The predicted octanol–water partition coefficient (Wildman–Crippen LogP) is 2.32. The highest BCUT2D eigenvalue weighted by Gasteiger charge is 2.39. The lowest BCUT2D eigenvalue weighted by atomic mass is 9.85. The van der Waals surface area contributed by atoms with Gasteiger partial charge in [0.2, 0.25) is 0 Å². The van der Waals surface area contributed by atoms with Crippen LogP contribution in [0.25, 0.3) is 0 Å². The first-order chi connectivity index (χ1) is 9.67. The van der Waals surface area contributed by atoms with Crippen molar-refractivity contribution in [3.63, 3.8) is 0 Å². The van der Waals surface area contributed by atoms with Crippen molar-refractivity contribution in [2.45, 2.75) is 63.5 Å². The zero-order chi connectivity index (χ0) is 14.0. The molecule has 1 atom stereocenters. The Balaban J connectivity index is 1.56. The Bertz CT molecular complexity index is 305. The van der Waals surface area contributed by atoms with Gasteiger partial charge < -0.3 is 10.2 Å². The summed E-state index contributed by atoms with van der Waals surface area (Å²) in [6.07, 6.45) is 11.5. The summed E-state index contributed by atoms with van der Waals surface area (Å²) in [5, 5.41) is 3.83. The number of likely N-dealkylation sites (N-methyl/N-ethyl adjacent to an activating group) is 1. The van der Waals surface area contributed by atoms with E-state index < -0.39 is 0 Å². The topological polar surface area (TPSA) is 18.5 Å². The van der Waals surface area contributed by atoms with Gasteiger partial charge in [0.15, 0.2) is 0 Å². The van der Waals surface area contributed by atoms with Gasteiger partial charge in [-0.3, -0.25) is 4.90 Å². The summed E-state index contributed by atoms with van der Waals surface area (Å²) in [5.41, 5.74) is 0.595. The van der Waals surface area contributed by atoms with E-state index in [-0.39, 0.29) is 0 Å². The van der Waals surface area contributed by atoms with Crippen molar-refractivity contribution in [2.24, 2.45) is 5.41 Å². The molecule has 3 rings (SSSR count). The fraction of sp³-hybridized carbons (Fsp3) is 1.00. The second kappa shape index (κ2) is 6.33. The van der Waals surface area contributed by atoms with Crippen molar-refractivity contribution >= 4 is 0 Å². The number of likely N-dealkylation sites (tertiary alicyclic amines) is 1. The van der Waals surface area contributed by atoms with Gasteiger partial charge in [-0.2, -0.15) is 0 Å². The molecule has 0 aromatic heterocycles. The molecular formula is C17H33N3. The minimum atomic E-state index is 0.595. The molecule has 0 radical (unpaired) electrons. The molecule has 2 saturated carbocycles. The molecule has 0 aromatic rings. The fourth-order valence-corrected chi connectivity index (χ4v) is 4.33.